The molecule has 0 amide bonds. The molecule has 2 aliphatic rings. The predicted molar refractivity (Wildman–Crippen MR) is 179 cm³/mol. The highest BCUT2D eigenvalue weighted by molar-refractivity contribution is 7.89. The Hall–Kier alpha value is -3.38. The molecule has 0 spiro atoms. The molecule has 11 nitrogen and oxygen atoms in total. The van der Waals surface area contributed by atoms with Crippen molar-refractivity contribution in [3.8, 4) is 17.3 Å². The molecule has 1 saturated heterocycles. The van der Waals surface area contributed by atoms with Crippen LogP contribution in [0.3, 0.4) is 0 Å². The molecule has 0 atom stereocenters. The molecule has 3 aromatic rings. The summed E-state index contributed by atoms with van der Waals surface area (Å²) in [6, 6.07) is 15.5. The van der Waals surface area contributed by atoms with Crippen molar-refractivity contribution in [3.05, 3.63) is 65.6 Å². The molecular formula is C33H41ClFN7O4S. The summed E-state index contributed by atoms with van der Waals surface area (Å²) >= 11 is 6.56. The first kappa shape index (κ1) is 34.9. The second-order valence-electron chi connectivity index (χ2n) is 11.9. The molecule has 5 rings (SSSR count). The summed E-state index contributed by atoms with van der Waals surface area (Å²) in [6.07, 6.45) is 7.00. The van der Waals surface area contributed by atoms with Gasteiger partial charge in [-0.25, -0.2) is 27.5 Å². The van der Waals surface area contributed by atoms with Crippen LogP contribution in [0.25, 0.3) is 11.3 Å². The minimum Gasteiger partial charge on any atom is -0.381 e. The van der Waals surface area contributed by atoms with E-state index in [1.54, 1.807) is 6.20 Å². The Morgan fingerprint density at radius 2 is 1.74 bits per heavy atom. The number of pyridine rings is 2. The zero-order valence-electron chi connectivity index (χ0n) is 26.2. The van der Waals surface area contributed by atoms with Crippen molar-refractivity contribution in [3.63, 3.8) is 0 Å². The molecule has 0 bridgehead atoms. The van der Waals surface area contributed by atoms with E-state index in [4.69, 9.17) is 26.1 Å². The van der Waals surface area contributed by atoms with Gasteiger partial charge in [0.1, 0.15) is 17.5 Å². The van der Waals surface area contributed by atoms with Gasteiger partial charge in [-0.15, -0.1) is 0 Å². The zero-order chi connectivity index (χ0) is 33.1. The molecular weight excluding hydrogens is 645 g/mol. The number of aromatic nitrogens is 2. The Morgan fingerprint density at radius 3 is 2.49 bits per heavy atom. The highest BCUT2D eigenvalue weighted by Crippen LogP contribution is 2.32. The van der Waals surface area contributed by atoms with Crippen molar-refractivity contribution >= 4 is 33.3 Å². The standard InChI is InChI=1S/C33H41ClFN7O4S/c34-29-21-38-32(20-28(29)30-2-1-3-31(42-30)39-23-33(22-36)12-16-45-17-13-33)41-26-8-6-25(7-9-26)37-14-18-46-19-15-40-47(43,44)27-10-4-24(35)5-11-27/h1-5,10-11,20-21,25-26,37,40H,6-9,12-19,23H2,(H,38,41)(H,39,42)/t25-,26-. The highest BCUT2D eigenvalue weighted by Gasteiger charge is 2.32. The van der Waals surface area contributed by atoms with Crippen LogP contribution in [0.2, 0.25) is 5.02 Å². The maximum atomic E-state index is 13.0. The minimum absolute atomic E-state index is 0.0189. The lowest BCUT2D eigenvalue weighted by molar-refractivity contribution is 0.0455. The fourth-order valence-electron chi connectivity index (χ4n) is 5.78. The fraction of sp³-hybridized carbons (Fsp3) is 0.485. The van der Waals surface area contributed by atoms with Crippen molar-refractivity contribution < 1.29 is 22.3 Å². The van der Waals surface area contributed by atoms with Crippen LogP contribution in [0, 0.1) is 22.6 Å². The molecule has 47 heavy (non-hydrogen) atoms. The number of nitriles is 1. The summed E-state index contributed by atoms with van der Waals surface area (Å²) in [4.78, 5) is 9.31. The molecule has 0 radical (unpaired) electrons. The molecule has 2 fully saturated rings. The van der Waals surface area contributed by atoms with Crippen molar-refractivity contribution in [1.29, 1.82) is 5.26 Å². The van der Waals surface area contributed by atoms with Gasteiger partial charge in [-0.3, -0.25) is 0 Å². The van der Waals surface area contributed by atoms with Crippen LogP contribution >= 0.6 is 11.6 Å². The number of halogens is 2. The second kappa shape index (κ2) is 16.6. The van der Waals surface area contributed by atoms with Gasteiger partial charge in [0, 0.05) is 56.7 Å². The predicted octanol–water partition coefficient (Wildman–Crippen LogP) is 4.98. The summed E-state index contributed by atoms with van der Waals surface area (Å²) in [6.45, 7) is 3.20. The van der Waals surface area contributed by atoms with E-state index < -0.39 is 21.3 Å². The van der Waals surface area contributed by atoms with Gasteiger partial charge in [-0.2, -0.15) is 5.26 Å². The first-order valence-electron chi connectivity index (χ1n) is 15.9. The maximum absolute atomic E-state index is 13.0. The topological polar surface area (TPSA) is 150 Å². The number of ether oxygens (including phenoxy) is 2. The SMILES string of the molecule is N#CC1(CNc2cccc(-c3cc(N[C@H]4CC[C@H](NCCOCCNS(=O)(=O)c5ccc(F)cc5)CC4)ncc3Cl)n2)CCOCC1. The van der Waals surface area contributed by atoms with Crippen LogP contribution in [0.1, 0.15) is 38.5 Å². The Kier molecular flexibility index (Phi) is 12.4. The van der Waals surface area contributed by atoms with E-state index in [1.807, 2.05) is 24.3 Å². The third-order valence-corrected chi connectivity index (χ3v) is 10.4. The normalized spacial score (nSPS) is 19.5. The van der Waals surface area contributed by atoms with Crippen LogP contribution in [0.5, 0.6) is 0 Å². The Bertz CT molecular complexity index is 1610. The lowest BCUT2D eigenvalue weighted by Gasteiger charge is -2.30. The second-order valence-corrected chi connectivity index (χ2v) is 14.1. The first-order chi connectivity index (χ1) is 22.7. The molecule has 3 heterocycles. The maximum Gasteiger partial charge on any atom is 0.240 e. The fourth-order valence-corrected chi connectivity index (χ4v) is 6.99. The molecule has 14 heteroatoms. The minimum atomic E-state index is -3.69. The molecule has 4 N–H and O–H groups in total. The van der Waals surface area contributed by atoms with E-state index in [2.05, 4.69) is 31.7 Å². The van der Waals surface area contributed by atoms with Gasteiger partial charge in [0.25, 0.3) is 0 Å². The van der Waals surface area contributed by atoms with E-state index in [0.717, 1.165) is 54.9 Å². The smallest absolute Gasteiger partial charge is 0.240 e. The lowest BCUT2D eigenvalue weighted by Crippen LogP contribution is -2.38. The largest absolute Gasteiger partial charge is 0.381 e. The van der Waals surface area contributed by atoms with E-state index in [-0.39, 0.29) is 24.1 Å². The zero-order valence-corrected chi connectivity index (χ0v) is 27.8. The third kappa shape index (κ3) is 10.1. The van der Waals surface area contributed by atoms with Crippen LogP contribution in [-0.4, -0.2) is 76.5 Å². The van der Waals surface area contributed by atoms with E-state index in [9.17, 15) is 18.1 Å². The van der Waals surface area contributed by atoms with E-state index in [0.29, 0.717) is 62.6 Å². The number of sulfonamides is 1. The summed E-state index contributed by atoms with van der Waals surface area (Å²) in [7, 11) is -3.69. The van der Waals surface area contributed by atoms with Crippen molar-refractivity contribution in [2.24, 2.45) is 5.41 Å². The number of hydrogen-bond donors (Lipinski definition) is 4. The summed E-state index contributed by atoms with van der Waals surface area (Å²) in [5, 5.41) is 20.7. The molecule has 252 valence electrons. The van der Waals surface area contributed by atoms with Crippen LogP contribution < -0.4 is 20.7 Å². The van der Waals surface area contributed by atoms with Gasteiger partial charge in [0.15, 0.2) is 0 Å². The number of anilines is 2. The van der Waals surface area contributed by atoms with Crippen LogP contribution in [0.15, 0.2) is 59.6 Å². The molecule has 1 aliphatic heterocycles. The number of nitrogens with zero attached hydrogens (tertiary/aromatic N) is 3. The molecule has 2 aromatic heterocycles. The van der Waals surface area contributed by atoms with Crippen molar-refractivity contribution in [1.82, 2.24) is 20.0 Å². The first-order valence-corrected chi connectivity index (χ1v) is 17.8. The number of hydrogen-bond acceptors (Lipinski definition) is 10. The Balaban J connectivity index is 1.02. The van der Waals surface area contributed by atoms with E-state index in [1.165, 1.54) is 12.1 Å². The summed E-state index contributed by atoms with van der Waals surface area (Å²) in [5.41, 5.74) is 1.05. The lowest BCUT2D eigenvalue weighted by atomic mass is 9.82. The molecule has 0 unspecified atom stereocenters. The molecule has 1 saturated carbocycles. The van der Waals surface area contributed by atoms with Gasteiger partial charge in [0.2, 0.25) is 10.0 Å². The summed E-state index contributed by atoms with van der Waals surface area (Å²) < 4.78 is 51.0. The number of nitrogens with one attached hydrogen (secondary N) is 4. The van der Waals surface area contributed by atoms with E-state index >= 15 is 0 Å². The molecule has 1 aromatic carbocycles. The van der Waals surface area contributed by atoms with Gasteiger partial charge in [-0.05, 0) is 81.0 Å². The third-order valence-electron chi connectivity index (χ3n) is 8.60. The van der Waals surface area contributed by atoms with Gasteiger partial charge < -0.3 is 25.4 Å². The van der Waals surface area contributed by atoms with Gasteiger partial charge in [0.05, 0.1) is 40.3 Å². The average molecular weight is 686 g/mol. The number of rotatable bonds is 15. The number of benzene rings is 1. The Morgan fingerprint density at radius 1 is 1.02 bits per heavy atom. The van der Waals surface area contributed by atoms with Crippen LogP contribution in [-0.2, 0) is 19.5 Å². The quantitative estimate of drug-likeness (QED) is 0.161. The van der Waals surface area contributed by atoms with Gasteiger partial charge >= 0.3 is 0 Å². The monoisotopic (exact) mass is 685 g/mol. The summed E-state index contributed by atoms with van der Waals surface area (Å²) in [5.74, 6) is 0.948. The average Bonchev–Trinajstić information content (AvgIpc) is 3.09. The van der Waals surface area contributed by atoms with Crippen LogP contribution in [0.4, 0.5) is 16.0 Å². The molecule has 1 aliphatic carbocycles. The Labute approximate surface area is 280 Å². The van der Waals surface area contributed by atoms with Crippen molar-refractivity contribution in [2.75, 3.05) is 56.7 Å². The van der Waals surface area contributed by atoms with Crippen molar-refractivity contribution in [2.45, 2.75) is 55.5 Å². The highest BCUT2D eigenvalue weighted by atomic mass is 35.5. The van der Waals surface area contributed by atoms with Gasteiger partial charge in [-0.1, -0.05) is 17.7 Å².